The first kappa shape index (κ1) is 14.4. The normalized spacial score (nSPS) is 10.3. The van der Waals surface area contributed by atoms with E-state index in [4.69, 9.17) is 10.00 Å². The van der Waals surface area contributed by atoms with Gasteiger partial charge in [0, 0.05) is 46.4 Å². The molecule has 0 saturated carbocycles. The molecule has 0 fully saturated rings. The molecule has 0 amide bonds. The molecule has 98 valence electrons. The van der Waals surface area contributed by atoms with E-state index in [1.54, 1.807) is 7.11 Å². The summed E-state index contributed by atoms with van der Waals surface area (Å²) in [5.41, 5.74) is 1.14. The minimum absolute atomic E-state index is 0.533. The van der Waals surface area contributed by atoms with Gasteiger partial charge in [0.2, 0.25) is 0 Å². The van der Waals surface area contributed by atoms with E-state index >= 15 is 0 Å². The van der Waals surface area contributed by atoms with Gasteiger partial charge in [-0.1, -0.05) is 6.07 Å². The number of aromatic nitrogens is 1. The zero-order valence-electron chi connectivity index (χ0n) is 11.0. The first-order chi connectivity index (χ1) is 8.80. The molecule has 0 aromatic carbocycles. The molecule has 0 unspecified atom stereocenters. The first-order valence-corrected chi connectivity index (χ1v) is 6.01. The summed E-state index contributed by atoms with van der Waals surface area (Å²) in [6.07, 6.45) is 2.39. The lowest BCUT2D eigenvalue weighted by Crippen LogP contribution is -2.28. The van der Waals surface area contributed by atoms with Crippen molar-refractivity contribution in [1.29, 1.82) is 5.26 Å². The van der Waals surface area contributed by atoms with E-state index in [0.717, 1.165) is 31.0 Å². The monoisotopic (exact) mass is 248 g/mol. The van der Waals surface area contributed by atoms with Crippen LogP contribution in [0.15, 0.2) is 18.3 Å². The second-order valence-electron chi connectivity index (χ2n) is 3.98. The fourth-order valence-electron chi connectivity index (χ4n) is 1.62. The quantitative estimate of drug-likeness (QED) is 0.755. The topological polar surface area (TPSA) is 61.2 Å². The van der Waals surface area contributed by atoms with Crippen LogP contribution in [0.25, 0.3) is 0 Å². The molecular weight excluding hydrogens is 228 g/mol. The van der Waals surface area contributed by atoms with Gasteiger partial charge in [-0.15, -0.1) is 0 Å². The lowest BCUT2D eigenvalue weighted by Gasteiger charge is -2.20. The number of nitriles is 1. The zero-order valence-corrected chi connectivity index (χ0v) is 11.0. The van der Waals surface area contributed by atoms with Crippen LogP contribution in [0.5, 0.6) is 0 Å². The maximum Gasteiger partial charge on any atom is 0.125 e. The Morgan fingerprint density at radius 2 is 2.28 bits per heavy atom. The van der Waals surface area contributed by atoms with Crippen molar-refractivity contribution in [1.82, 2.24) is 9.88 Å². The summed E-state index contributed by atoms with van der Waals surface area (Å²) in [5, 5.41) is 11.6. The molecule has 1 aromatic heterocycles. The van der Waals surface area contributed by atoms with E-state index in [0.29, 0.717) is 13.0 Å². The van der Waals surface area contributed by atoms with Gasteiger partial charge in [-0.05, 0) is 11.6 Å². The summed E-state index contributed by atoms with van der Waals surface area (Å²) in [6, 6.07) is 6.17. The third-order valence-electron chi connectivity index (χ3n) is 2.64. The van der Waals surface area contributed by atoms with E-state index in [1.807, 2.05) is 25.4 Å². The number of nitrogens with one attached hydrogen (secondary N) is 1. The maximum absolute atomic E-state index is 8.65. The molecule has 5 heteroatoms. The third-order valence-corrected chi connectivity index (χ3v) is 2.64. The molecule has 0 spiro atoms. The van der Waals surface area contributed by atoms with Crippen LogP contribution in [-0.2, 0) is 11.3 Å². The Morgan fingerprint density at radius 1 is 1.44 bits per heavy atom. The van der Waals surface area contributed by atoms with Crippen LogP contribution < -0.4 is 5.32 Å². The fraction of sp³-hybridized carbons (Fsp3) is 0.538. The molecule has 0 aliphatic heterocycles. The van der Waals surface area contributed by atoms with E-state index in [-0.39, 0.29) is 0 Å². The smallest absolute Gasteiger partial charge is 0.125 e. The van der Waals surface area contributed by atoms with Crippen molar-refractivity contribution >= 4 is 5.82 Å². The molecule has 0 aliphatic rings. The number of rotatable bonds is 8. The Labute approximate surface area is 108 Å². The van der Waals surface area contributed by atoms with E-state index in [2.05, 4.69) is 21.3 Å². The highest BCUT2D eigenvalue weighted by Crippen LogP contribution is 2.07. The molecule has 1 heterocycles. The molecule has 0 bridgehead atoms. The summed E-state index contributed by atoms with van der Waals surface area (Å²) < 4.78 is 5.08. The standard InChI is InChI=1S/C13H20N4O/c1-15-13-5-4-12(10-16-13)11-17(7-3-6-14)8-9-18-2/h4-5,10H,3,7-9,11H2,1-2H3,(H,15,16). The van der Waals surface area contributed by atoms with Gasteiger partial charge in [-0.2, -0.15) is 5.26 Å². The van der Waals surface area contributed by atoms with Crippen LogP contribution in [0.4, 0.5) is 5.82 Å². The summed E-state index contributed by atoms with van der Waals surface area (Å²) in [4.78, 5) is 6.47. The van der Waals surface area contributed by atoms with Crippen molar-refractivity contribution in [3.05, 3.63) is 23.9 Å². The van der Waals surface area contributed by atoms with Gasteiger partial charge in [0.05, 0.1) is 12.7 Å². The predicted molar refractivity (Wildman–Crippen MR) is 71.2 cm³/mol. The van der Waals surface area contributed by atoms with Crippen molar-refractivity contribution in [2.24, 2.45) is 0 Å². The Bertz CT molecular complexity index is 372. The number of hydrogen-bond acceptors (Lipinski definition) is 5. The van der Waals surface area contributed by atoms with Crippen LogP contribution in [0, 0.1) is 11.3 Å². The highest BCUT2D eigenvalue weighted by molar-refractivity contribution is 5.34. The van der Waals surface area contributed by atoms with Crippen molar-refractivity contribution in [2.45, 2.75) is 13.0 Å². The van der Waals surface area contributed by atoms with Crippen LogP contribution in [0.1, 0.15) is 12.0 Å². The first-order valence-electron chi connectivity index (χ1n) is 6.01. The SMILES string of the molecule is CNc1ccc(CN(CCC#N)CCOC)cn1. The number of hydrogen-bond donors (Lipinski definition) is 1. The van der Waals surface area contributed by atoms with Gasteiger partial charge in [0.15, 0.2) is 0 Å². The molecule has 0 radical (unpaired) electrons. The molecule has 1 rings (SSSR count). The Balaban J connectivity index is 2.54. The third kappa shape index (κ3) is 5.13. The number of methoxy groups -OCH3 is 1. The minimum Gasteiger partial charge on any atom is -0.383 e. The second-order valence-corrected chi connectivity index (χ2v) is 3.98. The van der Waals surface area contributed by atoms with Crippen molar-refractivity contribution in [2.75, 3.05) is 39.2 Å². The van der Waals surface area contributed by atoms with Gasteiger partial charge in [-0.3, -0.25) is 4.90 Å². The highest BCUT2D eigenvalue weighted by atomic mass is 16.5. The van der Waals surface area contributed by atoms with Gasteiger partial charge in [0.1, 0.15) is 5.82 Å². The number of ether oxygens (including phenoxy) is 1. The summed E-state index contributed by atoms with van der Waals surface area (Å²) in [5.74, 6) is 0.860. The molecule has 0 aliphatic carbocycles. The van der Waals surface area contributed by atoms with Crippen LogP contribution in [0.2, 0.25) is 0 Å². The lowest BCUT2D eigenvalue weighted by atomic mass is 10.2. The maximum atomic E-state index is 8.65. The number of anilines is 1. The van der Waals surface area contributed by atoms with Gasteiger partial charge in [-0.25, -0.2) is 4.98 Å². The summed E-state index contributed by atoms with van der Waals surface area (Å²) >= 11 is 0. The summed E-state index contributed by atoms with van der Waals surface area (Å²) in [6.45, 7) is 3.05. The van der Waals surface area contributed by atoms with Gasteiger partial charge >= 0.3 is 0 Å². The van der Waals surface area contributed by atoms with Gasteiger partial charge < -0.3 is 10.1 Å². The average molecular weight is 248 g/mol. The van der Waals surface area contributed by atoms with E-state index in [9.17, 15) is 0 Å². The van der Waals surface area contributed by atoms with Crippen LogP contribution in [-0.4, -0.2) is 43.7 Å². The second kappa shape index (κ2) is 8.45. The average Bonchev–Trinajstić information content (AvgIpc) is 2.42. The fourth-order valence-corrected chi connectivity index (χ4v) is 1.62. The van der Waals surface area contributed by atoms with Gasteiger partial charge in [0.25, 0.3) is 0 Å². The predicted octanol–water partition coefficient (Wildman–Crippen LogP) is 1.49. The van der Waals surface area contributed by atoms with E-state index < -0.39 is 0 Å². The Hall–Kier alpha value is -1.64. The molecule has 1 aromatic rings. The molecule has 18 heavy (non-hydrogen) atoms. The largest absolute Gasteiger partial charge is 0.383 e. The number of pyridine rings is 1. The molecule has 1 N–H and O–H groups in total. The van der Waals surface area contributed by atoms with Crippen molar-refractivity contribution < 1.29 is 4.74 Å². The van der Waals surface area contributed by atoms with Crippen LogP contribution in [0.3, 0.4) is 0 Å². The zero-order chi connectivity index (χ0) is 13.2. The van der Waals surface area contributed by atoms with Crippen molar-refractivity contribution in [3.63, 3.8) is 0 Å². The molecule has 5 nitrogen and oxygen atoms in total. The Kier molecular flexibility index (Phi) is 6.77. The Morgan fingerprint density at radius 3 is 2.83 bits per heavy atom. The molecule has 0 saturated heterocycles. The molecule has 0 atom stereocenters. The van der Waals surface area contributed by atoms with Crippen molar-refractivity contribution in [3.8, 4) is 6.07 Å². The summed E-state index contributed by atoms with van der Waals surface area (Å²) in [7, 11) is 3.53. The lowest BCUT2D eigenvalue weighted by molar-refractivity contribution is 0.145. The molecular formula is C13H20N4O. The highest BCUT2D eigenvalue weighted by Gasteiger charge is 2.06. The van der Waals surface area contributed by atoms with Crippen LogP contribution >= 0.6 is 0 Å². The number of nitrogens with zero attached hydrogens (tertiary/aromatic N) is 3. The minimum atomic E-state index is 0.533. The van der Waals surface area contributed by atoms with E-state index in [1.165, 1.54) is 0 Å².